The molecule has 1 amide bonds. The van der Waals surface area contributed by atoms with Crippen LogP contribution in [0, 0.1) is 5.92 Å². The maximum Gasteiger partial charge on any atom is 0.234 e. The highest BCUT2D eigenvalue weighted by Crippen LogP contribution is 2.40. The molecule has 0 saturated heterocycles. The van der Waals surface area contributed by atoms with E-state index in [9.17, 15) is 4.79 Å². The van der Waals surface area contributed by atoms with Crippen molar-refractivity contribution in [1.82, 2.24) is 9.97 Å². The van der Waals surface area contributed by atoms with Gasteiger partial charge in [-0.15, -0.1) is 11.3 Å². The first kappa shape index (κ1) is 19.2. The molecule has 2 aromatic heterocycles. The van der Waals surface area contributed by atoms with Crippen LogP contribution in [0.1, 0.15) is 30.7 Å². The number of para-hydroxylation sites is 2. The SMILES string of the molecule is CCOc1ccccc1NC(=O)CSc1ncnc2sc3c(c12)CC[C@H](C)C3. The summed E-state index contributed by atoms with van der Waals surface area (Å²) in [5.41, 5.74) is 2.09. The van der Waals surface area contributed by atoms with Crippen LogP contribution in [0.4, 0.5) is 5.69 Å². The van der Waals surface area contributed by atoms with Gasteiger partial charge in [0.1, 0.15) is 21.9 Å². The number of hydrogen-bond acceptors (Lipinski definition) is 6. The molecule has 3 aromatic rings. The lowest BCUT2D eigenvalue weighted by Crippen LogP contribution is -2.15. The molecule has 0 radical (unpaired) electrons. The molecule has 2 heterocycles. The largest absolute Gasteiger partial charge is 0.492 e. The lowest BCUT2D eigenvalue weighted by Gasteiger charge is -2.18. The van der Waals surface area contributed by atoms with E-state index >= 15 is 0 Å². The molecule has 5 nitrogen and oxygen atoms in total. The van der Waals surface area contributed by atoms with Gasteiger partial charge in [-0.05, 0) is 49.8 Å². The molecule has 7 heteroatoms. The lowest BCUT2D eigenvalue weighted by molar-refractivity contribution is -0.113. The van der Waals surface area contributed by atoms with Gasteiger partial charge in [0, 0.05) is 10.3 Å². The summed E-state index contributed by atoms with van der Waals surface area (Å²) in [6.07, 6.45) is 5.01. The second-order valence-electron chi connectivity index (χ2n) is 6.98. The molecular weight excluding hydrogens is 390 g/mol. The molecule has 1 atom stereocenters. The molecule has 1 aliphatic carbocycles. The standard InChI is InChI=1S/C21H23N3O2S2/c1-3-26-16-7-5-4-6-15(16)24-18(25)11-27-20-19-14-9-8-13(2)10-17(14)28-21(19)23-12-22-20/h4-7,12-13H,3,8-11H2,1-2H3,(H,24,25)/t13-/m0/s1. The Balaban J connectivity index is 1.49. The first-order valence-corrected chi connectivity index (χ1v) is 11.4. The predicted molar refractivity (Wildman–Crippen MR) is 116 cm³/mol. The van der Waals surface area contributed by atoms with Crippen LogP contribution in [-0.4, -0.2) is 28.2 Å². The van der Waals surface area contributed by atoms with Gasteiger partial charge >= 0.3 is 0 Å². The van der Waals surface area contributed by atoms with Crippen molar-refractivity contribution in [3.63, 3.8) is 0 Å². The number of carbonyl (C=O) groups is 1. The summed E-state index contributed by atoms with van der Waals surface area (Å²) in [7, 11) is 0. The third kappa shape index (κ3) is 4.00. The van der Waals surface area contributed by atoms with E-state index in [4.69, 9.17) is 4.74 Å². The van der Waals surface area contributed by atoms with E-state index < -0.39 is 0 Å². The molecule has 0 bridgehead atoms. The van der Waals surface area contributed by atoms with Gasteiger partial charge in [-0.2, -0.15) is 0 Å². The van der Waals surface area contributed by atoms with Gasteiger partial charge in [0.2, 0.25) is 5.91 Å². The summed E-state index contributed by atoms with van der Waals surface area (Å²) in [4.78, 5) is 24.0. The van der Waals surface area contributed by atoms with Crippen molar-refractivity contribution >= 4 is 44.9 Å². The number of thioether (sulfide) groups is 1. The predicted octanol–water partition coefficient (Wildman–Crippen LogP) is 4.95. The van der Waals surface area contributed by atoms with Crippen molar-refractivity contribution in [2.24, 2.45) is 5.92 Å². The zero-order chi connectivity index (χ0) is 19.5. The second-order valence-corrected chi connectivity index (χ2v) is 9.02. The van der Waals surface area contributed by atoms with Crippen LogP contribution in [0.15, 0.2) is 35.6 Å². The summed E-state index contributed by atoms with van der Waals surface area (Å²) in [5, 5.41) is 5.01. The minimum atomic E-state index is -0.0679. The fraction of sp³-hybridized carbons (Fsp3) is 0.381. The molecule has 28 heavy (non-hydrogen) atoms. The number of nitrogens with zero attached hydrogens (tertiary/aromatic N) is 2. The average Bonchev–Trinajstić information content (AvgIpc) is 3.06. The molecular formula is C21H23N3O2S2. The van der Waals surface area contributed by atoms with Crippen LogP contribution in [-0.2, 0) is 17.6 Å². The van der Waals surface area contributed by atoms with E-state index in [-0.39, 0.29) is 5.91 Å². The van der Waals surface area contributed by atoms with Crippen molar-refractivity contribution in [2.45, 2.75) is 38.1 Å². The van der Waals surface area contributed by atoms with Gasteiger partial charge < -0.3 is 10.1 Å². The minimum absolute atomic E-state index is 0.0679. The van der Waals surface area contributed by atoms with Crippen LogP contribution in [0.2, 0.25) is 0 Å². The molecule has 0 fully saturated rings. The van der Waals surface area contributed by atoms with Gasteiger partial charge in [-0.1, -0.05) is 30.8 Å². The van der Waals surface area contributed by atoms with Crippen LogP contribution < -0.4 is 10.1 Å². The summed E-state index contributed by atoms with van der Waals surface area (Å²) in [5.74, 6) is 1.64. The Hall–Kier alpha value is -2.12. The fourth-order valence-electron chi connectivity index (χ4n) is 3.53. The quantitative estimate of drug-likeness (QED) is 0.458. The smallest absolute Gasteiger partial charge is 0.234 e. The number of fused-ring (bicyclic) bond motifs is 3. The number of anilines is 1. The number of amides is 1. The molecule has 4 rings (SSSR count). The van der Waals surface area contributed by atoms with E-state index in [1.54, 1.807) is 17.7 Å². The van der Waals surface area contributed by atoms with Gasteiger partial charge in [0.25, 0.3) is 0 Å². The number of ether oxygens (including phenoxy) is 1. The highest BCUT2D eigenvalue weighted by atomic mass is 32.2. The summed E-state index contributed by atoms with van der Waals surface area (Å²) in [6.45, 7) is 4.79. The summed E-state index contributed by atoms with van der Waals surface area (Å²) < 4.78 is 5.58. The third-order valence-corrected chi connectivity index (χ3v) is 7.01. The van der Waals surface area contributed by atoms with E-state index in [0.29, 0.717) is 23.8 Å². The molecule has 1 aliphatic rings. The van der Waals surface area contributed by atoms with E-state index in [0.717, 1.165) is 34.0 Å². The second kappa shape index (κ2) is 8.49. The van der Waals surface area contributed by atoms with Gasteiger partial charge in [0.05, 0.1) is 18.0 Å². The van der Waals surface area contributed by atoms with E-state index in [2.05, 4.69) is 22.2 Å². The normalized spacial score (nSPS) is 16.0. The van der Waals surface area contributed by atoms with Crippen molar-refractivity contribution in [1.29, 1.82) is 0 Å². The van der Waals surface area contributed by atoms with E-state index in [1.165, 1.54) is 28.6 Å². The van der Waals surface area contributed by atoms with Crippen molar-refractivity contribution in [2.75, 3.05) is 17.7 Å². The molecule has 1 N–H and O–H groups in total. The highest BCUT2D eigenvalue weighted by molar-refractivity contribution is 8.00. The topological polar surface area (TPSA) is 64.1 Å². The van der Waals surface area contributed by atoms with Gasteiger partial charge in [0.15, 0.2) is 0 Å². The zero-order valence-electron chi connectivity index (χ0n) is 16.0. The number of nitrogens with one attached hydrogen (secondary N) is 1. The number of hydrogen-bond donors (Lipinski definition) is 1. The monoisotopic (exact) mass is 413 g/mol. The molecule has 1 aromatic carbocycles. The fourth-order valence-corrected chi connectivity index (χ4v) is 5.77. The van der Waals surface area contributed by atoms with Crippen molar-refractivity contribution in [3.05, 3.63) is 41.0 Å². The molecule has 146 valence electrons. The van der Waals surface area contributed by atoms with Crippen LogP contribution in [0.25, 0.3) is 10.2 Å². The number of aromatic nitrogens is 2. The Morgan fingerprint density at radius 3 is 3.07 bits per heavy atom. The van der Waals surface area contributed by atoms with Crippen molar-refractivity contribution < 1.29 is 9.53 Å². The van der Waals surface area contributed by atoms with Gasteiger partial charge in [-0.3, -0.25) is 4.79 Å². The maximum absolute atomic E-state index is 12.5. The van der Waals surface area contributed by atoms with Crippen LogP contribution in [0.5, 0.6) is 5.75 Å². The Morgan fingerprint density at radius 1 is 1.36 bits per heavy atom. The van der Waals surface area contributed by atoms with E-state index in [1.807, 2.05) is 31.2 Å². The first-order chi connectivity index (χ1) is 13.7. The number of benzene rings is 1. The summed E-state index contributed by atoms with van der Waals surface area (Å²) in [6, 6.07) is 7.50. The average molecular weight is 414 g/mol. The highest BCUT2D eigenvalue weighted by Gasteiger charge is 2.23. The number of carbonyl (C=O) groups excluding carboxylic acids is 1. The maximum atomic E-state index is 12.5. The molecule has 0 unspecified atom stereocenters. The summed E-state index contributed by atoms with van der Waals surface area (Å²) >= 11 is 3.26. The Bertz CT molecular complexity index is 1000. The number of rotatable bonds is 6. The lowest BCUT2D eigenvalue weighted by atomic mass is 9.89. The molecule has 0 saturated carbocycles. The molecule has 0 spiro atoms. The Labute approximate surface area is 172 Å². The van der Waals surface area contributed by atoms with Crippen LogP contribution in [0.3, 0.4) is 0 Å². The Kier molecular flexibility index (Phi) is 5.82. The number of thiophene rings is 1. The van der Waals surface area contributed by atoms with Crippen molar-refractivity contribution in [3.8, 4) is 5.75 Å². The first-order valence-electron chi connectivity index (χ1n) is 9.55. The molecule has 0 aliphatic heterocycles. The third-order valence-electron chi connectivity index (χ3n) is 4.86. The minimum Gasteiger partial charge on any atom is -0.492 e. The van der Waals surface area contributed by atoms with Gasteiger partial charge in [-0.25, -0.2) is 9.97 Å². The number of aryl methyl sites for hydroxylation is 1. The Morgan fingerprint density at radius 2 is 2.21 bits per heavy atom. The zero-order valence-corrected chi connectivity index (χ0v) is 17.7. The van der Waals surface area contributed by atoms with Crippen LogP contribution >= 0.6 is 23.1 Å².